The number of likely N-dealkylation sites (tertiary alicyclic amines) is 1. The molecule has 5 nitrogen and oxygen atoms in total. The fourth-order valence-corrected chi connectivity index (χ4v) is 3.02. The second kappa shape index (κ2) is 6.78. The van der Waals surface area contributed by atoms with Gasteiger partial charge in [-0.2, -0.15) is 0 Å². The summed E-state index contributed by atoms with van der Waals surface area (Å²) in [6.07, 6.45) is 3.48. The largest absolute Gasteiger partial charge is 0.392 e. The number of aliphatic hydroxyl groups is 1. The monoisotopic (exact) mass is 334 g/mol. The van der Waals surface area contributed by atoms with Crippen LogP contribution >= 0.6 is 0 Å². The Labute approximate surface area is 139 Å². The molecule has 1 aliphatic heterocycles. The van der Waals surface area contributed by atoms with Crippen LogP contribution in [0.4, 0.5) is 14.7 Å². The predicted molar refractivity (Wildman–Crippen MR) is 86.5 cm³/mol. The maximum atomic E-state index is 13.5. The van der Waals surface area contributed by atoms with Crippen LogP contribution in [0.15, 0.2) is 30.6 Å². The van der Waals surface area contributed by atoms with E-state index in [1.165, 1.54) is 6.07 Å². The normalized spacial score (nSPS) is 21.2. The van der Waals surface area contributed by atoms with Crippen molar-refractivity contribution in [2.75, 3.05) is 25.5 Å². The Bertz CT molecular complexity index is 708. The molecule has 0 radical (unpaired) electrons. The van der Waals surface area contributed by atoms with E-state index < -0.39 is 17.7 Å². The molecule has 3 rings (SSSR count). The van der Waals surface area contributed by atoms with E-state index in [4.69, 9.17) is 0 Å². The van der Waals surface area contributed by atoms with E-state index >= 15 is 0 Å². The average Bonchev–Trinajstić information content (AvgIpc) is 2.91. The first-order valence-electron chi connectivity index (χ1n) is 7.79. The Morgan fingerprint density at radius 3 is 2.54 bits per heavy atom. The number of nitrogens with zero attached hydrogens (tertiary/aromatic N) is 4. The minimum atomic E-state index is -0.868. The number of hydrogen-bond acceptors (Lipinski definition) is 5. The quantitative estimate of drug-likeness (QED) is 0.928. The fourth-order valence-electron chi connectivity index (χ4n) is 3.02. The van der Waals surface area contributed by atoms with E-state index in [1.807, 2.05) is 23.9 Å². The number of β-amino-alcohol motifs (C(OH)–C–C–N with tert-alkyl or cyclic N) is 1. The second-order valence-corrected chi connectivity index (χ2v) is 6.29. The van der Waals surface area contributed by atoms with Gasteiger partial charge in [-0.1, -0.05) is 6.07 Å². The van der Waals surface area contributed by atoms with Crippen LogP contribution in [0.25, 0.3) is 0 Å². The lowest BCUT2D eigenvalue weighted by Crippen LogP contribution is -2.24. The lowest BCUT2D eigenvalue weighted by molar-refractivity contribution is 0.172. The van der Waals surface area contributed by atoms with Gasteiger partial charge in [-0.3, -0.25) is 4.90 Å². The number of aliphatic hydroxyl groups excluding tert-OH is 1. The van der Waals surface area contributed by atoms with Gasteiger partial charge < -0.3 is 10.0 Å². The van der Waals surface area contributed by atoms with Gasteiger partial charge in [0.2, 0.25) is 5.95 Å². The molecule has 7 heteroatoms. The molecule has 2 atom stereocenters. The van der Waals surface area contributed by atoms with Crippen molar-refractivity contribution in [3.63, 3.8) is 0 Å². The number of anilines is 1. The molecule has 2 unspecified atom stereocenters. The van der Waals surface area contributed by atoms with E-state index in [1.54, 1.807) is 18.5 Å². The molecule has 24 heavy (non-hydrogen) atoms. The minimum absolute atomic E-state index is 0.163. The first-order valence-corrected chi connectivity index (χ1v) is 7.79. The SMILES string of the molecule is CN(C)c1ncc(CN2CC(O)CC2c2ccc(F)c(F)c2)cn1. The Kier molecular flexibility index (Phi) is 4.73. The zero-order valence-corrected chi connectivity index (χ0v) is 13.7. The molecule has 1 fully saturated rings. The highest BCUT2D eigenvalue weighted by atomic mass is 19.2. The molecule has 128 valence electrons. The summed E-state index contributed by atoms with van der Waals surface area (Å²) in [7, 11) is 3.73. The Hall–Kier alpha value is -2.12. The topological polar surface area (TPSA) is 52.5 Å². The molecule has 1 saturated heterocycles. The third-order valence-corrected chi connectivity index (χ3v) is 4.19. The highest BCUT2D eigenvalue weighted by Crippen LogP contribution is 2.33. The van der Waals surface area contributed by atoms with Crippen LogP contribution in [0.1, 0.15) is 23.6 Å². The zero-order valence-electron chi connectivity index (χ0n) is 13.7. The molecular weight excluding hydrogens is 314 g/mol. The maximum absolute atomic E-state index is 13.5. The van der Waals surface area contributed by atoms with E-state index in [0.717, 1.165) is 11.6 Å². The van der Waals surface area contributed by atoms with Crippen LogP contribution < -0.4 is 4.90 Å². The van der Waals surface area contributed by atoms with Gasteiger partial charge in [-0.05, 0) is 24.1 Å². The van der Waals surface area contributed by atoms with Crippen LogP contribution in [0.5, 0.6) is 0 Å². The summed E-state index contributed by atoms with van der Waals surface area (Å²) in [5.41, 5.74) is 1.57. The van der Waals surface area contributed by atoms with Gasteiger partial charge in [0.15, 0.2) is 11.6 Å². The predicted octanol–water partition coefficient (Wildman–Crippen LogP) is 2.13. The van der Waals surface area contributed by atoms with Crippen molar-refractivity contribution in [3.05, 3.63) is 53.4 Å². The minimum Gasteiger partial charge on any atom is -0.392 e. The van der Waals surface area contributed by atoms with Crippen molar-refractivity contribution < 1.29 is 13.9 Å². The van der Waals surface area contributed by atoms with Crippen molar-refractivity contribution >= 4 is 5.95 Å². The number of hydrogen-bond donors (Lipinski definition) is 1. The number of rotatable bonds is 4. The molecule has 2 aromatic rings. The maximum Gasteiger partial charge on any atom is 0.224 e. The second-order valence-electron chi connectivity index (χ2n) is 6.29. The molecule has 0 saturated carbocycles. The Morgan fingerprint density at radius 1 is 1.21 bits per heavy atom. The fraction of sp³-hybridized carbons (Fsp3) is 0.412. The standard InChI is InChI=1S/C17H20F2N4O/c1-22(2)17-20-7-11(8-21-17)9-23-10-13(24)6-16(23)12-3-4-14(18)15(19)5-12/h3-5,7-8,13,16,24H,6,9-10H2,1-2H3. The van der Waals surface area contributed by atoms with Crippen LogP contribution in [0.2, 0.25) is 0 Å². The van der Waals surface area contributed by atoms with Gasteiger partial charge >= 0.3 is 0 Å². The van der Waals surface area contributed by atoms with Crippen molar-refractivity contribution in [2.45, 2.75) is 25.1 Å². The molecular formula is C17H20F2N4O. The molecule has 0 amide bonds. The van der Waals surface area contributed by atoms with Crippen molar-refractivity contribution in [1.29, 1.82) is 0 Å². The third kappa shape index (κ3) is 3.52. The summed E-state index contributed by atoms with van der Waals surface area (Å²) in [6.45, 7) is 1.01. The van der Waals surface area contributed by atoms with E-state index in [9.17, 15) is 13.9 Å². The summed E-state index contributed by atoms with van der Waals surface area (Å²) in [5, 5.41) is 10.0. The lowest BCUT2D eigenvalue weighted by atomic mass is 10.0. The first-order chi connectivity index (χ1) is 11.4. The Morgan fingerprint density at radius 2 is 1.92 bits per heavy atom. The summed E-state index contributed by atoms with van der Waals surface area (Å²) in [5.74, 6) is -1.11. The Balaban J connectivity index is 1.78. The van der Waals surface area contributed by atoms with Crippen LogP contribution in [0, 0.1) is 11.6 Å². The summed E-state index contributed by atoms with van der Waals surface area (Å²) in [4.78, 5) is 12.4. The number of benzene rings is 1. The zero-order chi connectivity index (χ0) is 17.3. The van der Waals surface area contributed by atoms with E-state index in [-0.39, 0.29) is 6.04 Å². The molecule has 2 heterocycles. The van der Waals surface area contributed by atoms with Gasteiger partial charge in [-0.15, -0.1) is 0 Å². The number of halogens is 2. The molecule has 0 bridgehead atoms. The average molecular weight is 334 g/mol. The summed E-state index contributed by atoms with van der Waals surface area (Å²) in [6, 6.07) is 3.74. The van der Waals surface area contributed by atoms with Gasteiger partial charge in [0.25, 0.3) is 0 Å². The molecule has 1 aromatic heterocycles. The highest BCUT2D eigenvalue weighted by molar-refractivity contribution is 5.27. The highest BCUT2D eigenvalue weighted by Gasteiger charge is 2.32. The summed E-state index contributed by atoms with van der Waals surface area (Å²) >= 11 is 0. The van der Waals surface area contributed by atoms with Gasteiger partial charge in [0.1, 0.15) is 0 Å². The third-order valence-electron chi connectivity index (χ3n) is 4.19. The van der Waals surface area contributed by atoms with Crippen LogP contribution in [0.3, 0.4) is 0 Å². The smallest absolute Gasteiger partial charge is 0.224 e. The van der Waals surface area contributed by atoms with Gasteiger partial charge in [0.05, 0.1) is 6.10 Å². The van der Waals surface area contributed by atoms with Crippen molar-refractivity contribution in [1.82, 2.24) is 14.9 Å². The first kappa shape index (κ1) is 16.7. The molecule has 1 aromatic carbocycles. The van der Waals surface area contributed by atoms with E-state index in [0.29, 0.717) is 31.0 Å². The lowest BCUT2D eigenvalue weighted by Gasteiger charge is -2.24. The van der Waals surface area contributed by atoms with Crippen molar-refractivity contribution in [3.8, 4) is 0 Å². The van der Waals surface area contributed by atoms with E-state index in [2.05, 4.69) is 9.97 Å². The van der Waals surface area contributed by atoms with Gasteiger partial charge in [-0.25, -0.2) is 18.7 Å². The molecule has 0 spiro atoms. The van der Waals surface area contributed by atoms with Crippen molar-refractivity contribution in [2.24, 2.45) is 0 Å². The summed E-state index contributed by atoms with van der Waals surface area (Å²) < 4.78 is 26.7. The van der Waals surface area contributed by atoms with Gasteiger partial charge in [0, 0.05) is 51.2 Å². The molecule has 1 N–H and O–H groups in total. The molecule has 0 aliphatic carbocycles. The number of aromatic nitrogens is 2. The van der Waals surface area contributed by atoms with Crippen LogP contribution in [-0.2, 0) is 6.54 Å². The van der Waals surface area contributed by atoms with Crippen LogP contribution in [-0.4, -0.2) is 46.7 Å². The molecule has 1 aliphatic rings.